The van der Waals surface area contributed by atoms with Crippen molar-refractivity contribution in [1.29, 1.82) is 0 Å². The van der Waals surface area contributed by atoms with Crippen molar-refractivity contribution in [3.63, 3.8) is 0 Å². The molecule has 0 bridgehead atoms. The second-order valence-corrected chi connectivity index (χ2v) is 13.3. The first kappa shape index (κ1) is 28.5. The third kappa shape index (κ3) is 7.91. The van der Waals surface area contributed by atoms with E-state index in [1.54, 1.807) is 0 Å². The average Bonchev–Trinajstić information content (AvgIpc) is 2.69. The Balaban J connectivity index is 2.17. The molecule has 0 unspecified atom stereocenters. The van der Waals surface area contributed by atoms with Crippen molar-refractivity contribution in [2.24, 2.45) is 5.92 Å². The molecular formula is C33H48S. The minimum Gasteiger partial charge on any atom is -0.0975 e. The number of allylic oxidation sites excluding steroid dienone is 3. The van der Waals surface area contributed by atoms with Crippen LogP contribution >= 0.6 is 11.8 Å². The van der Waals surface area contributed by atoms with Crippen LogP contribution in [-0.4, -0.2) is 0 Å². The van der Waals surface area contributed by atoms with Gasteiger partial charge < -0.3 is 0 Å². The topological polar surface area (TPSA) is 0 Å². The van der Waals surface area contributed by atoms with Crippen LogP contribution in [-0.2, 0) is 17.3 Å². The molecule has 0 N–H and O–H groups in total. The van der Waals surface area contributed by atoms with Gasteiger partial charge in [0.25, 0.3) is 0 Å². The van der Waals surface area contributed by atoms with Crippen molar-refractivity contribution in [1.82, 2.24) is 0 Å². The van der Waals surface area contributed by atoms with E-state index >= 15 is 0 Å². The standard InChI is InChI=1S/C33H48S/c1-22(2)27(13-15-30-24(4)18-29(19-25(30)5)33(10,11)12)17-23(3)21-34-31-16-14-28(20-26(31)6)32(7,8)9/h14,16-22H,13,15H2,1-12H3/b23-21+,27-17+. The number of hydrogen-bond donors (Lipinski definition) is 0. The number of thioether (sulfide) groups is 1. The minimum atomic E-state index is 0.193. The van der Waals surface area contributed by atoms with Crippen LogP contribution in [0.5, 0.6) is 0 Å². The van der Waals surface area contributed by atoms with Crippen molar-refractivity contribution in [2.75, 3.05) is 0 Å². The summed E-state index contributed by atoms with van der Waals surface area (Å²) in [7, 11) is 0. The zero-order valence-electron chi connectivity index (χ0n) is 23.9. The van der Waals surface area contributed by atoms with Crippen LogP contribution in [0.2, 0.25) is 0 Å². The lowest BCUT2D eigenvalue weighted by molar-refractivity contribution is 0.588. The maximum atomic E-state index is 2.42. The Morgan fingerprint density at radius 3 is 1.82 bits per heavy atom. The van der Waals surface area contributed by atoms with E-state index < -0.39 is 0 Å². The van der Waals surface area contributed by atoms with Gasteiger partial charge in [-0.05, 0) is 108 Å². The lowest BCUT2D eigenvalue weighted by Crippen LogP contribution is -2.12. The van der Waals surface area contributed by atoms with Gasteiger partial charge in [-0.3, -0.25) is 0 Å². The Kier molecular flexibility index (Phi) is 9.51. The van der Waals surface area contributed by atoms with E-state index in [0.717, 1.165) is 12.8 Å². The summed E-state index contributed by atoms with van der Waals surface area (Å²) in [5, 5.41) is 2.32. The SMILES string of the molecule is CC(=C\Sc1ccc(C(C)(C)C)cc1C)/C=C(\CCc1c(C)cc(C(C)(C)C)cc1C)C(C)C. The Hall–Kier alpha value is -1.73. The average molecular weight is 477 g/mol. The second kappa shape index (κ2) is 11.3. The summed E-state index contributed by atoms with van der Waals surface area (Å²) in [5.74, 6) is 0.551. The summed E-state index contributed by atoms with van der Waals surface area (Å²) in [6.45, 7) is 27.4. The van der Waals surface area contributed by atoms with Crippen molar-refractivity contribution in [3.05, 3.63) is 86.3 Å². The Bertz CT molecular complexity index is 1030. The fourth-order valence-corrected chi connectivity index (χ4v) is 5.12. The van der Waals surface area contributed by atoms with Crippen LogP contribution in [0.1, 0.15) is 102 Å². The molecule has 2 aromatic carbocycles. The van der Waals surface area contributed by atoms with Gasteiger partial charge in [0.15, 0.2) is 0 Å². The quantitative estimate of drug-likeness (QED) is 0.283. The smallest absolute Gasteiger partial charge is 0.0145 e. The molecule has 0 amide bonds. The van der Waals surface area contributed by atoms with Gasteiger partial charge in [-0.15, -0.1) is 0 Å². The van der Waals surface area contributed by atoms with E-state index in [0.29, 0.717) is 5.92 Å². The summed E-state index contributed by atoms with van der Waals surface area (Å²) in [6.07, 6.45) is 4.65. The van der Waals surface area contributed by atoms with Crippen LogP contribution in [0.4, 0.5) is 0 Å². The van der Waals surface area contributed by atoms with Crippen LogP contribution in [0.25, 0.3) is 0 Å². The molecule has 0 aromatic heterocycles. The van der Waals surface area contributed by atoms with Gasteiger partial charge in [0.05, 0.1) is 0 Å². The Morgan fingerprint density at radius 2 is 1.35 bits per heavy atom. The predicted molar refractivity (Wildman–Crippen MR) is 155 cm³/mol. The Labute approximate surface area is 215 Å². The van der Waals surface area contributed by atoms with Crippen molar-refractivity contribution >= 4 is 11.8 Å². The van der Waals surface area contributed by atoms with Gasteiger partial charge in [-0.2, -0.15) is 0 Å². The molecule has 0 spiro atoms. The van der Waals surface area contributed by atoms with Gasteiger partial charge in [0, 0.05) is 4.90 Å². The van der Waals surface area contributed by atoms with Crippen molar-refractivity contribution < 1.29 is 0 Å². The van der Waals surface area contributed by atoms with Gasteiger partial charge in [-0.25, -0.2) is 0 Å². The normalized spacial score (nSPS) is 13.7. The minimum absolute atomic E-state index is 0.193. The molecule has 0 fully saturated rings. The first-order valence-corrected chi connectivity index (χ1v) is 13.7. The first-order valence-electron chi connectivity index (χ1n) is 12.8. The summed E-state index contributed by atoms with van der Waals surface area (Å²) >= 11 is 1.84. The monoisotopic (exact) mass is 476 g/mol. The highest BCUT2D eigenvalue weighted by molar-refractivity contribution is 8.02. The second-order valence-electron chi connectivity index (χ2n) is 12.4. The van der Waals surface area contributed by atoms with E-state index in [2.05, 4.69) is 125 Å². The zero-order valence-corrected chi connectivity index (χ0v) is 24.8. The van der Waals surface area contributed by atoms with E-state index in [1.807, 2.05) is 11.8 Å². The van der Waals surface area contributed by atoms with Crippen LogP contribution in [0, 0.1) is 26.7 Å². The summed E-state index contributed by atoms with van der Waals surface area (Å²) in [6, 6.07) is 11.7. The van der Waals surface area contributed by atoms with Crippen molar-refractivity contribution in [2.45, 2.75) is 112 Å². The molecule has 0 heterocycles. The fourth-order valence-electron chi connectivity index (χ4n) is 4.35. The molecule has 0 aliphatic heterocycles. The maximum absolute atomic E-state index is 2.42. The van der Waals surface area contributed by atoms with Crippen LogP contribution in [0.15, 0.2) is 57.9 Å². The van der Waals surface area contributed by atoms with E-state index in [9.17, 15) is 0 Å². The van der Waals surface area contributed by atoms with Gasteiger partial charge >= 0.3 is 0 Å². The van der Waals surface area contributed by atoms with Gasteiger partial charge in [0.1, 0.15) is 0 Å². The van der Waals surface area contributed by atoms with E-state index in [4.69, 9.17) is 0 Å². The van der Waals surface area contributed by atoms with Gasteiger partial charge in [-0.1, -0.05) is 103 Å². The fraction of sp³-hybridized carbons (Fsp3) is 0.515. The highest BCUT2D eigenvalue weighted by Gasteiger charge is 2.17. The predicted octanol–water partition coefficient (Wildman–Crippen LogP) is 10.4. The van der Waals surface area contributed by atoms with E-state index in [1.165, 1.54) is 49.4 Å². The molecule has 0 saturated heterocycles. The van der Waals surface area contributed by atoms with Gasteiger partial charge in [0.2, 0.25) is 0 Å². The number of hydrogen-bond acceptors (Lipinski definition) is 1. The largest absolute Gasteiger partial charge is 0.0975 e. The molecule has 186 valence electrons. The third-order valence-corrected chi connectivity index (χ3v) is 7.99. The van der Waals surface area contributed by atoms with Crippen LogP contribution < -0.4 is 0 Å². The molecule has 0 nitrogen and oxygen atoms in total. The number of benzene rings is 2. The van der Waals surface area contributed by atoms with E-state index in [-0.39, 0.29) is 10.8 Å². The third-order valence-electron chi connectivity index (χ3n) is 6.79. The maximum Gasteiger partial charge on any atom is 0.0145 e. The molecular weight excluding hydrogens is 428 g/mol. The molecule has 0 radical (unpaired) electrons. The Morgan fingerprint density at radius 1 is 0.824 bits per heavy atom. The zero-order chi connectivity index (χ0) is 25.8. The molecule has 2 aromatic rings. The molecule has 2 rings (SSSR count). The molecule has 1 heteroatoms. The lowest BCUT2D eigenvalue weighted by atomic mass is 9.82. The molecule has 0 aliphatic carbocycles. The van der Waals surface area contributed by atoms with Crippen molar-refractivity contribution in [3.8, 4) is 0 Å². The molecule has 34 heavy (non-hydrogen) atoms. The highest BCUT2D eigenvalue weighted by Crippen LogP contribution is 2.31. The number of aryl methyl sites for hydroxylation is 3. The summed E-state index contributed by atoms with van der Waals surface area (Å²) < 4.78 is 0. The lowest BCUT2D eigenvalue weighted by Gasteiger charge is -2.23. The molecule has 0 saturated carbocycles. The van der Waals surface area contributed by atoms with Crippen LogP contribution in [0.3, 0.4) is 0 Å². The highest BCUT2D eigenvalue weighted by atomic mass is 32.2. The summed E-state index contributed by atoms with van der Waals surface area (Å²) in [5.41, 5.74) is 11.8. The molecule has 0 aliphatic rings. The summed E-state index contributed by atoms with van der Waals surface area (Å²) in [4.78, 5) is 1.34. The number of rotatable bonds is 7. The first-order chi connectivity index (χ1) is 15.6. The molecule has 0 atom stereocenters.